The number of rotatable bonds is 8. The van der Waals surface area contributed by atoms with Crippen molar-refractivity contribution in [3.05, 3.63) is 53.5 Å². The van der Waals surface area contributed by atoms with Crippen molar-refractivity contribution in [2.24, 2.45) is 0 Å². The van der Waals surface area contributed by atoms with Crippen molar-refractivity contribution < 1.29 is 19.1 Å². The second-order valence-corrected chi connectivity index (χ2v) is 5.52. The van der Waals surface area contributed by atoms with Crippen molar-refractivity contribution in [3.63, 3.8) is 0 Å². The average Bonchev–Trinajstić information content (AvgIpc) is 3.07. The summed E-state index contributed by atoms with van der Waals surface area (Å²) in [6.45, 7) is 4.37. The maximum absolute atomic E-state index is 11.9. The number of aryl methyl sites for hydroxylation is 2. The Bertz CT molecular complexity index is 622. The topological polar surface area (TPSA) is 71.7 Å². The minimum absolute atomic E-state index is 0.135. The van der Waals surface area contributed by atoms with Crippen molar-refractivity contribution >= 4 is 5.91 Å². The molecule has 1 heterocycles. The molecule has 1 aromatic carbocycles. The Balaban J connectivity index is 1.71. The van der Waals surface area contributed by atoms with Crippen LogP contribution in [0, 0.1) is 13.8 Å². The Morgan fingerprint density at radius 2 is 2.13 bits per heavy atom. The number of aliphatic hydroxyl groups excluding tert-OH is 1. The van der Waals surface area contributed by atoms with Crippen LogP contribution in [0.25, 0.3) is 0 Å². The van der Waals surface area contributed by atoms with E-state index in [1.54, 1.807) is 12.1 Å². The zero-order valence-electron chi connectivity index (χ0n) is 13.5. The summed E-state index contributed by atoms with van der Waals surface area (Å²) in [5.41, 5.74) is 2.41. The number of ether oxygens (including phenoxy) is 1. The van der Waals surface area contributed by atoms with Gasteiger partial charge in [0.1, 0.15) is 17.6 Å². The summed E-state index contributed by atoms with van der Waals surface area (Å²) >= 11 is 0. The summed E-state index contributed by atoms with van der Waals surface area (Å²) in [5, 5.41) is 12.1. The first-order valence-electron chi connectivity index (χ1n) is 7.74. The minimum atomic E-state index is -0.502. The third-order valence-corrected chi connectivity index (χ3v) is 3.70. The molecule has 2 aromatic rings. The quantitative estimate of drug-likeness (QED) is 0.734. The lowest BCUT2D eigenvalue weighted by atomic mass is 10.1. The van der Waals surface area contributed by atoms with Crippen LogP contribution < -0.4 is 10.1 Å². The third kappa shape index (κ3) is 5.14. The Labute approximate surface area is 136 Å². The van der Waals surface area contributed by atoms with Crippen LogP contribution in [0.1, 0.15) is 35.8 Å². The molecule has 0 radical (unpaired) electrons. The van der Waals surface area contributed by atoms with Gasteiger partial charge in [-0.15, -0.1) is 0 Å². The van der Waals surface area contributed by atoms with Gasteiger partial charge in [-0.2, -0.15) is 0 Å². The molecule has 0 saturated heterocycles. The molecule has 2 rings (SSSR count). The second-order valence-electron chi connectivity index (χ2n) is 5.52. The van der Waals surface area contributed by atoms with Crippen LogP contribution in [0.4, 0.5) is 0 Å². The number of aliphatic hydroxyl groups is 1. The van der Waals surface area contributed by atoms with Crippen LogP contribution >= 0.6 is 0 Å². The number of furan rings is 1. The third-order valence-electron chi connectivity index (χ3n) is 3.70. The van der Waals surface area contributed by atoms with E-state index in [1.807, 2.05) is 25.1 Å². The van der Waals surface area contributed by atoms with Crippen molar-refractivity contribution in [2.45, 2.75) is 32.7 Å². The van der Waals surface area contributed by atoms with Gasteiger partial charge in [-0.1, -0.05) is 6.07 Å². The van der Waals surface area contributed by atoms with Crippen LogP contribution in [0.2, 0.25) is 0 Å². The standard InChI is InChI=1S/C18H23NO4/c1-13-7-8-15(11-14(13)2)22-9-4-6-18(21)19-16(12-20)17-5-3-10-23-17/h3,5,7-8,10-11,16,20H,4,6,9,12H2,1-2H3,(H,19,21). The second kappa shape index (κ2) is 8.39. The number of benzene rings is 1. The van der Waals surface area contributed by atoms with Gasteiger partial charge in [0.25, 0.3) is 0 Å². The molecule has 1 atom stereocenters. The van der Waals surface area contributed by atoms with Crippen LogP contribution in [0.3, 0.4) is 0 Å². The predicted molar refractivity (Wildman–Crippen MR) is 87.3 cm³/mol. The molecule has 23 heavy (non-hydrogen) atoms. The van der Waals surface area contributed by atoms with E-state index in [-0.39, 0.29) is 12.5 Å². The zero-order valence-corrected chi connectivity index (χ0v) is 13.5. The van der Waals surface area contributed by atoms with E-state index in [2.05, 4.69) is 12.2 Å². The molecular formula is C18H23NO4. The number of hydrogen-bond donors (Lipinski definition) is 2. The summed E-state index contributed by atoms with van der Waals surface area (Å²) in [5.74, 6) is 1.23. The van der Waals surface area contributed by atoms with Crippen LogP contribution in [0.15, 0.2) is 41.0 Å². The highest BCUT2D eigenvalue weighted by Gasteiger charge is 2.15. The Kier molecular flexibility index (Phi) is 6.23. The van der Waals surface area contributed by atoms with Crippen LogP contribution in [0.5, 0.6) is 5.75 Å². The van der Waals surface area contributed by atoms with Crippen LogP contribution in [-0.4, -0.2) is 24.2 Å². The van der Waals surface area contributed by atoms with Gasteiger partial charge in [0, 0.05) is 6.42 Å². The normalized spacial score (nSPS) is 12.0. The van der Waals surface area contributed by atoms with E-state index in [0.29, 0.717) is 25.2 Å². The average molecular weight is 317 g/mol. The van der Waals surface area contributed by atoms with Gasteiger partial charge in [-0.05, 0) is 55.7 Å². The van der Waals surface area contributed by atoms with Gasteiger partial charge in [0.2, 0.25) is 5.91 Å². The first kappa shape index (κ1) is 17.1. The minimum Gasteiger partial charge on any atom is -0.494 e. The number of carbonyl (C=O) groups excluding carboxylic acids is 1. The molecule has 5 nitrogen and oxygen atoms in total. The summed E-state index contributed by atoms with van der Waals surface area (Å²) in [4.78, 5) is 11.9. The largest absolute Gasteiger partial charge is 0.494 e. The lowest BCUT2D eigenvalue weighted by molar-refractivity contribution is -0.122. The summed E-state index contributed by atoms with van der Waals surface area (Å²) in [7, 11) is 0. The van der Waals surface area contributed by atoms with E-state index >= 15 is 0 Å². The van der Waals surface area contributed by atoms with Gasteiger partial charge in [-0.25, -0.2) is 0 Å². The number of carbonyl (C=O) groups is 1. The van der Waals surface area contributed by atoms with E-state index < -0.39 is 6.04 Å². The maximum Gasteiger partial charge on any atom is 0.220 e. The first-order valence-corrected chi connectivity index (χ1v) is 7.74. The van der Waals surface area contributed by atoms with Crippen molar-refractivity contribution in [1.82, 2.24) is 5.32 Å². The van der Waals surface area contributed by atoms with E-state index in [1.165, 1.54) is 17.4 Å². The Hall–Kier alpha value is -2.27. The highest BCUT2D eigenvalue weighted by Crippen LogP contribution is 2.17. The highest BCUT2D eigenvalue weighted by atomic mass is 16.5. The molecule has 0 bridgehead atoms. The van der Waals surface area contributed by atoms with Crippen LogP contribution in [-0.2, 0) is 4.79 Å². The molecule has 124 valence electrons. The zero-order chi connectivity index (χ0) is 16.7. The molecule has 0 saturated carbocycles. The van der Waals surface area contributed by atoms with E-state index in [0.717, 1.165) is 5.75 Å². The molecular weight excluding hydrogens is 294 g/mol. The lowest BCUT2D eigenvalue weighted by Gasteiger charge is -2.14. The molecule has 5 heteroatoms. The molecule has 0 aliphatic heterocycles. The molecule has 1 unspecified atom stereocenters. The van der Waals surface area contributed by atoms with Gasteiger partial charge >= 0.3 is 0 Å². The van der Waals surface area contributed by atoms with E-state index in [9.17, 15) is 9.90 Å². The molecule has 2 N–H and O–H groups in total. The van der Waals surface area contributed by atoms with Gasteiger partial charge in [-0.3, -0.25) is 4.79 Å². The number of hydrogen-bond acceptors (Lipinski definition) is 4. The molecule has 1 aromatic heterocycles. The Morgan fingerprint density at radius 1 is 1.30 bits per heavy atom. The summed E-state index contributed by atoms with van der Waals surface area (Å²) in [6, 6.07) is 8.89. The van der Waals surface area contributed by atoms with Crippen molar-refractivity contribution in [2.75, 3.05) is 13.2 Å². The van der Waals surface area contributed by atoms with Gasteiger partial charge in [0.15, 0.2) is 0 Å². The first-order chi connectivity index (χ1) is 11.1. The SMILES string of the molecule is Cc1ccc(OCCCC(=O)NC(CO)c2ccco2)cc1C. The summed E-state index contributed by atoms with van der Waals surface area (Å²) in [6.07, 6.45) is 2.46. The van der Waals surface area contributed by atoms with Crippen molar-refractivity contribution in [3.8, 4) is 5.75 Å². The smallest absolute Gasteiger partial charge is 0.220 e. The predicted octanol–water partition coefficient (Wildman–Crippen LogP) is 2.91. The highest BCUT2D eigenvalue weighted by molar-refractivity contribution is 5.76. The molecule has 0 aliphatic rings. The van der Waals surface area contributed by atoms with Gasteiger partial charge < -0.3 is 19.6 Å². The maximum atomic E-state index is 11.9. The fourth-order valence-electron chi connectivity index (χ4n) is 2.19. The fourth-order valence-corrected chi connectivity index (χ4v) is 2.19. The molecule has 0 spiro atoms. The Morgan fingerprint density at radius 3 is 2.78 bits per heavy atom. The monoisotopic (exact) mass is 317 g/mol. The molecule has 1 amide bonds. The number of nitrogens with one attached hydrogen (secondary N) is 1. The fraction of sp³-hybridized carbons (Fsp3) is 0.389. The number of amides is 1. The summed E-state index contributed by atoms with van der Waals surface area (Å²) < 4.78 is 10.8. The van der Waals surface area contributed by atoms with E-state index in [4.69, 9.17) is 9.15 Å². The van der Waals surface area contributed by atoms with Crippen molar-refractivity contribution in [1.29, 1.82) is 0 Å². The van der Waals surface area contributed by atoms with Gasteiger partial charge in [0.05, 0.1) is 19.5 Å². The lowest BCUT2D eigenvalue weighted by Crippen LogP contribution is -2.30. The molecule has 0 aliphatic carbocycles. The molecule has 0 fully saturated rings.